The predicted octanol–water partition coefficient (Wildman–Crippen LogP) is 1.11. The number of rotatable bonds is 2. The van der Waals surface area contributed by atoms with Gasteiger partial charge in [0.2, 0.25) is 5.95 Å². The molecule has 1 N–H and O–H groups in total. The molecule has 1 aromatic heterocycles. The van der Waals surface area contributed by atoms with Crippen LogP contribution in [0, 0.1) is 5.95 Å². The number of carbonyl (C=O) groups is 1. The summed E-state index contributed by atoms with van der Waals surface area (Å²) in [7, 11) is 0. The van der Waals surface area contributed by atoms with E-state index in [1.54, 1.807) is 0 Å². The van der Waals surface area contributed by atoms with E-state index >= 15 is 0 Å². The Kier molecular flexibility index (Phi) is 1.96. The average Bonchev–Trinajstić information content (AvgIpc) is 2.89. The van der Waals surface area contributed by atoms with Crippen molar-refractivity contribution in [1.82, 2.24) is 10.3 Å². The van der Waals surface area contributed by atoms with Gasteiger partial charge in [-0.05, 0) is 25.0 Å². The fourth-order valence-corrected chi connectivity index (χ4v) is 1.01. The van der Waals surface area contributed by atoms with Crippen LogP contribution in [0.1, 0.15) is 23.2 Å². The van der Waals surface area contributed by atoms with Crippen LogP contribution in [0.3, 0.4) is 0 Å². The third kappa shape index (κ3) is 2.02. The number of amides is 1. The van der Waals surface area contributed by atoms with Crippen molar-refractivity contribution in [2.24, 2.45) is 0 Å². The lowest BCUT2D eigenvalue weighted by molar-refractivity contribution is 0.0950. The normalized spacial score (nSPS) is 15.5. The number of carbonyl (C=O) groups excluding carboxylic acids is 1. The van der Waals surface area contributed by atoms with Crippen LogP contribution in [0.25, 0.3) is 0 Å². The van der Waals surface area contributed by atoms with E-state index in [4.69, 9.17) is 0 Å². The average molecular weight is 180 g/mol. The maximum atomic E-state index is 12.4. The summed E-state index contributed by atoms with van der Waals surface area (Å²) >= 11 is 0. The van der Waals surface area contributed by atoms with E-state index in [0.717, 1.165) is 12.8 Å². The minimum atomic E-state index is -0.567. The zero-order valence-electron chi connectivity index (χ0n) is 6.96. The molecule has 1 aromatic rings. The summed E-state index contributed by atoms with van der Waals surface area (Å²) in [6, 6.07) is 2.93. The van der Waals surface area contributed by atoms with E-state index in [-0.39, 0.29) is 5.91 Å². The number of hydrogen-bond donors (Lipinski definition) is 1. The van der Waals surface area contributed by atoms with Crippen LogP contribution in [0.4, 0.5) is 4.39 Å². The first-order valence-electron chi connectivity index (χ1n) is 4.18. The summed E-state index contributed by atoms with van der Waals surface area (Å²) in [4.78, 5) is 14.7. The van der Waals surface area contributed by atoms with E-state index in [1.165, 1.54) is 18.3 Å². The zero-order chi connectivity index (χ0) is 9.26. The predicted molar refractivity (Wildman–Crippen MR) is 44.7 cm³/mol. The first-order chi connectivity index (χ1) is 6.25. The lowest BCUT2D eigenvalue weighted by Gasteiger charge is -2.01. The quantitative estimate of drug-likeness (QED) is 0.693. The SMILES string of the molecule is O=C(NC1CC1)c1ccc(F)nc1. The van der Waals surface area contributed by atoms with Crippen LogP contribution in [0.15, 0.2) is 18.3 Å². The minimum absolute atomic E-state index is 0.171. The first kappa shape index (κ1) is 8.16. The number of nitrogens with zero attached hydrogens (tertiary/aromatic N) is 1. The van der Waals surface area contributed by atoms with Gasteiger partial charge in [-0.25, -0.2) is 4.98 Å². The van der Waals surface area contributed by atoms with Crippen molar-refractivity contribution in [3.8, 4) is 0 Å². The summed E-state index contributed by atoms with van der Waals surface area (Å²) in [5, 5.41) is 2.79. The molecule has 0 aliphatic heterocycles. The lowest BCUT2D eigenvalue weighted by Crippen LogP contribution is -2.25. The molecule has 3 nitrogen and oxygen atoms in total. The summed E-state index contributed by atoms with van der Waals surface area (Å²) in [6.07, 6.45) is 3.33. The van der Waals surface area contributed by atoms with Gasteiger partial charge in [0.05, 0.1) is 5.56 Å². The van der Waals surface area contributed by atoms with Crippen LogP contribution < -0.4 is 5.32 Å². The molecule has 0 unspecified atom stereocenters. The molecule has 0 bridgehead atoms. The minimum Gasteiger partial charge on any atom is -0.349 e. The molecule has 1 fully saturated rings. The third-order valence-electron chi connectivity index (χ3n) is 1.90. The Balaban J connectivity index is 2.05. The van der Waals surface area contributed by atoms with Gasteiger partial charge >= 0.3 is 0 Å². The molecule has 1 aliphatic rings. The molecular weight excluding hydrogens is 171 g/mol. The Bertz CT molecular complexity index is 319. The van der Waals surface area contributed by atoms with Gasteiger partial charge in [-0.3, -0.25) is 4.79 Å². The second-order valence-electron chi connectivity index (χ2n) is 3.12. The van der Waals surface area contributed by atoms with Gasteiger partial charge in [0, 0.05) is 12.2 Å². The zero-order valence-corrected chi connectivity index (χ0v) is 6.96. The summed E-state index contributed by atoms with van der Waals surface area (Å²) < 4.78 is 12.4. The largest absolute Gasteiger partial charge is 0.349 e. The van der Waals surface area contributed by atoms with Gasteiger partial charge < -0.3 is 5.32 Å². The van der Waals surface area contributed by atoms with Crippen molar-refractivity contribution in [3.05, 3.63) is 29.8 Å². The summed E-state index contributed by atoms with van der Waals surface area (Å²) in [6.45, 7) is 0. The second-order valence-corrected chi connectivity index (χ2v) is 3.12. The maximum absolute atomic E-state index is 12.4. The second kappa shape index (κ2) is 3.12. The van der Waals surface area contributed by atoms with Crippen LogP contribution in [-0.2, 0) is 0 Å². The fourth-order valence-electron chi connectivity index (χ4n) is 1.01. The van der Waals surface area contributed by atoms with Crippen molar-refractivity contribution < 1.29 is 9.18 Å². The molecule has 0 atom stereocenters. The third-order valence-corrected chi connectivity index (χ3v) is 1.90. The highest BCUT2D eigenvalue weighted by Gasteiger charge is 2.23. The molecule has 0 spiro atoms. The standard InChI is InChI=1S/C9H9FN2O/c10-8-4-1-6(5-11-8)9(13)12-7-2-3-7/h1,4-5,7H,2-3H2,(H,12,13). The molecule has 1 saturated carbocycles. The molecule has 2 rings (SSSR count). The van der Waals surface area contributed by atoms with E-state index in [9.17, 15) is 9.18 Å². The molecule has 1 aliphatic carbocycles. The van der Waals surface area contributed by atoms with Gasteiger partial charge in [-0.2, -0.15) is 4.39 Å². The van der Waals surface area contributed by atoms with Gasteiger partial charge in [0.25, 0.3) is 5.91 Å². The van der Waals surface area contributed by atoms with Crippen molar-refractivity contribution in [2.45, 2.75) is 18.9 Å². The molecule has 0 aromatic carbocycles. The molecule has 1 heterocycles. The number of nitrogens with one attached hydrogen (secondary N) is 1. The van der Waals surface area contributed by atoms with Crippen LogP contribution in [0.5, 0.6) is 0 Å². The number of pyridine rings is 1. The molecule has 0 radical (unpaired) electrons. The van der Waals surface area contributed by atoms with Gasteiger partial charge in [-0.15, -0.1) is 0 Å². The molecule has 0 saturated heterocycles. The Morgan fingerprint density at radius 1 is 1.54 bits per heavy atom. The molecule has 1 amide bonds. The highest BCUT2D eigenvalue weighted by Crippen LogP contribution is 2.19. The molecule has 68 valence electrons. The molecule has 13 heavy (non-hydrogen) atoms. The van der Waals surface area contributed by atoms with Crippen LogP contribution >= 0.6 is 0 Å². The fraction of sp³-hybridized carbons (Fsp3) is 0.333. The summed E-state index contributed by atoms with van der Waals surface area (Å²) in [5.41, 5.74) is 0.410. The highest BCUT2D eigenvalue weighted by atomic mass is 19.1. The van der Waals surface area contributed by atoms with Crippen molar-refractivity contribution in [3.63, 3.8) is 0 Å². The number of halogens is 1. The van der Waals surface area contributed by atoms with Crippen molar-refractivity contribution in [1.29, 1.82) is 0 Å². The van der Waals surface area contributed by atoms with Crippen molar-refractivity contribution in [2.75, 3.05) is 0 Å². The Hall–Kier alpha value is -1.45. The van der Waals surface area contributed by atoms with Crippen LogP contribution in [0.2, 0.25) is 0 Å². The maximum Gasteiger partial charge on any atom is 0.253 e. The Morgan fingerprint density at radius 2 is 2.31 bits per heavy atom. The monoisotopic (exact) mass is 180 g/mol. The summed E-state index contributed by atoms with van der Waals surface area (Å²) in [5.74, 6) is -0.738. The van der Waals surface area contributed by atoms with Gasteiger partial charge in [-0.1, -0.05) is 0 Å². The van der Waals surface area contributed by atoms with E-state index in [2.05, 4.69) is 10.3 Å². The Morgan fingerprint density at radius 3 is 2.85 bits per heavy atom. The Labute approximate surface area is 75.0 Å². The van der Waals surface area contributed by atoms with Crippen molar-refractivity contribution >= 4 is 5.91 Å². The number of hydrogen-bond acceptors (Lipinski definition) is 2. The van der Waals surface area contributed by atoms with E-state index in [1.807, 2.05) is 0 Å². The highest BCUT2D eigenvalue weighted by molar-refractivity contribution is 5.94. The smallest absolute Gasteiger partial charge is 0.253 e. The number of aromatic nitrogens is 1. The van der Waals surface area contributed by atoms with E-state index in [0.29, 0.717) is 11.6 Å². The molecule has 4 heteroatoms. The molecular formula is C9H9FN2O. The van der Waals surface area contributed by atoms with Crippen LogP contribution in [-0.4, -0.2) is 16.9 Å². The van der Waals surface area contributed by atoms with Gasteiger partial charge in [0.1, 0.15) is 0 Å². The van der Waals surface area contributed by atoms with E-state index < -0.39 is 5.95 Å². The topological polar surface area (TPSA) is 42.0 Å². The first-order valence-corrected chi connectivity index (χ1v) is 4.18. The van der Waals surface area contributed by atoms with Gasteiger partial charge in [0.15, 0.2) is 0 Å². The lowest BCUT2D eigenvalue weighted by atomic mass is 10.2.